The van der Waals surface area contributed by atoms with Crippen LogP contribution >= 0.6 is 11.3 Å². The second kappa shape index (κ2) is 8.63. The van der Waals surface area contributed by atoms with Crippen LogP contribution < -0.4 is 10.6 Å². The van der Waals surface area contributed by atoms with Gasteiger partial charge in [-0.1, -0.05) is 24.3 Å². The number of hydrogen-bond acceptors (Lipinski definition) is 5. The summed E-state index contributed by atoms with van der Waals surface area (Å²) < 4.78 is 0. The molecule has 0 saturated carbocycles. The van der Waals surface area contributed by atoms with E-state index in [-0.39, 0.29) is 18.2 Å². The lowest BCUT2D eigenvalue weighted by Gasteiger charge is -2.35. The Balaban J connectivity index is 1.62. The number of benzene rings is 1. The van der Waals surface area contributed by atoms with Gasteiger partial charge in [-0.3, -0.25) is 14.5 Å². The van der Waals surface area contributed by atoms with E-state index in [0.29, 0.717) is 19.6 Å². The van der Waals surface area contributed by atoms with Crippen molar-refractivity contribution in [1.82, 2.24) is 20.5 Å². The summed E-state index contributed by atoms with van der Waals surface area (Å²) in [7, 11) is 0. The van der Waals surface area contributed by atoms with Crippen LogP contribution in [0.15, 0.2) is 24.3 Å². The van der Waals surface area contributed by atoms with Crippen molar-refractivity contribution in [3.63, 3.8) is 0 Å². The van der Waals surface area contributed by atoms with E-state index in [1.807, 2.05) is 26.0 Å². The summed E-state index contributed by atoms with van der Waals surface area (Å²) >= 11 is 1.59. The molecule has 0 unspecified atom stereocenters. The van der Waals surface area contributed by atoms with Crippen LogP contribution in [0.5, 0.6) is 0 Å². The van der Waals surface area contributed by atoms with Crippen molar-refractivity contribution in [2.24, 2.45) is 0 Å². The SMILES string of the molecule is Cc1nc(C)c(CNC(=O)C[C@H]2C(=O)NCCN2Cc2ccccc2C)s1. The average Bonchev–Trinajstić information content (AvgIpc) is 2.95. The van der Waals surface area contributed by atoms with Gasteiger partial charge in [0.1, 0.15) is 0 Å². The van der Waals surface area contributed by atoms with Crippen LogP contribution in [0.1, 0.15) is 33.1 Å². The molecule has 0 aliphatic carbocycles. The van der Waals surface area contributed by atoms with Gasteiger partial charge in [0.05, 0.1) is 29.7 Å². The van der Waals surface area contributed by atoms with Crippen molar-refractivity contribution in [2.75, 3.05) is 13.1 Å². The van der Waals surface area contributed by atoms with Crippen LogP contribution in [0.25, 0.3) is 0 Å². The summed E-state index contributed by atoms with van der Waals surface area (Å²) in [6, 6.07) is 7.72. The van der Waals surface area contributed by atoms with Crippen LogP contribution in [0.4, 0.5) is 0 Å². The van der Waals surface area contributed by atoms with Gasteiger partial charge in [-0.25, -0.2) is 4.98 Å². The molecule has 2 heterocycles. The number of aryl methyl sites for hydroxylation is 3. The number of nitrogens with zero attached hydrogens (tertiary/aromatic N) is 2. The van der Waals surface area contributed by atoms with Crippen LogP contribution in [-0.2, 0) is 22.7 Å². The van der Waals surface area contributed by atoms with Crippen LogP contribution in [0.2, 0.25) is 0 Å². The van der Waals surface area contributed by atoms with Gasteiger partial charge in [0, 0.05) is 24.5 Å². The maximum atomic E-state index is 12.5. The zero-order chi connectivity index (χ0) is 19.4. The van der Waals surface area contributed by atoms with Crippen molar-refractivity contribution in [3.05, 3.63) is 51.0 Å². The highest BCUT2D eigenvalue weighted by Crippen LogP contribution is 2.18. The van der Waals surface area contributed by atoms with Gasteiger partial charge in [-0.2, -0.15) is 0 Å². The van der Waals surface area contributed by atoms with E-state index in [2.05, 4.69) is 39.6 Å². The van der Waals surface area contributed by atoms with E-state index in [1.165, 1.54) is 11.1 Å². The Morgan fingerprint density at radius 2 is 2.11 bits per heavy atom. The summed E-state index contributed by atoms with van der Waals surface area (Å²) in [5.74, 6) is -0.188. The highest BCUT2D eigenvalue weighted by molar-refractivity contribution is 7.11. The Bertz CT molecular complexity index is 833. The maximum Gasteiger partial charge on any atom is 0.237 e. The first-order valence-corrected chi connectivity index (χ1v) is 10.0. The van der Waals surface area contributed by atoms with Gasteiger partial charge in [0.25, 0.3) is 0 Å². The highest BCUT2D eigenvalue weighted by Gasteiger charge is 2.31. The molecule has 144 valence electrons. The average molecular weight is 387 g/mol. The van der Waals surface area contributed by atoms with E-state index in [9.17, 15) is 9.59 Å². The molecule has 1 aliphatic heterocycles. The monoisotopic (exact) mass is 386 g/mol. The van der Waals surface area contributed by atoms with Gasteiger partial charge in [0.2, 0.25) is 11.8 Å². The summed E-state index contributed by atoms with van der Waals surface area (Å²) in [4.78, 5) is 32.4. The molecule has 1 atom stereocenters. The van der Waals surface area contributed by atoms with Crippen molar-refractivity contribution < 1.29 is 9.59 Å². The topological polar surface area (TPSA) is 74.3 Å². The first-order chi connectivity index (χ1) is 12.9. The zero-order valence-corrected chi connectivity index (χ0v) is 16.9. The molecule has 0 radical (unpaired) electrons. The van der Waals surface area contributed by atoms with Crippen molar-refractivity contribution in [3.8, 4) is 0 Å². The van der Waals surface area contributed by atoms with Gasteiger partial charge < -0.3 is 10.6 Å². The smallest absolute Gasteiger partial charge is 0.237 e. The van der Waals surface area contributed by atoms with Crippen LogP contribution in [-0.4, -0.2) is 40.8 Å². The molecule has 1 aromatic carbocycles. The van der Waals surface area contributed by atoms with Gasteiger partial charge in [-0.05, 0) is 31.9 Å². The number of amides is 2. The Morgan fingerprint density at radius 1 is 1.33 bits per heavy atom. The van der Waals surface area contributed by atoms with E-state index in [1.54, 1.807) is 11.3 Å². The van der Waals surface area contributed by atoms with Crippen LogP contribution in [0.3, 0.4) is 0 Å². The quantitative estimate of drug-likeness (QED) is 0.797. The number of hydrogen-bond donors (Lipinski definition) is 2. The number of carbonyl (C=O) groups excluding carboxylic acids is 2. The maximum absolute atomic E-state index is 12.5. The third kappa shape index (κ3) is 4.93. The number of aromatic nitrogens is 1. The number of piperazine rings is 1. The molecule has 6 nitrogen and oxygen atoms in total. The van der Waals surface area contributed by atoms with E-state index in [0.717, 1.165) is 22.1 Å². The predicted octanol–water partition coefficient (Wildman–Crippen LogP) is 2.08. The molecule has 2 aromatic rings. The van der Waals surface area contributed by atoms with Crippen molar-refractivity contribution >= 4 is 23.2 Å². The molecule has 0 spiro atoms. The first kappa shape index (κ1) is 19.5. The molecular formula is C20H26N4O2S. The normalized spacial score (nSPS) is 17.6. The molecule has 7 heteroatoms. The molecule has 2 N–H and O–H groups in total. The fourth-order valence-corrected chi connectivity index (χ4v) is 4.22. The Hall–Kier alpha value is -2.25. The molecule has 1 fully saturated rings. The predicted molar refractivity (Wildman–Crippen MR) is 106 cm³/mol. The van der Waals surface area contributed by atoms with Gasteiger partial charge in [-0.15, -0.1) is 11.3 Å². The minimum Gasteiger partial charge on any atom is -0.353 e. The number of carbonyl (C=O) groups is 2. The Morgan fingerprint density at radius 3 is 2.81 bits per heavy atom. The summed E-state index contributed by atoms with van der Waals surface area (Å²) in [6.45, 7) is 8.46. The molecule has 27 heavy (non-hydrogen) atoms. The van der Waals surface area contributed by atoms with Crippen molar-refractivity contribution in [1.29, 1.82) is 0 Å². The fraction of sp³-hybridized carbons (Fsp3) is 0.450. The summed E-state index contributed by atoms with van der Waals surface area (Å²) in [5.41, 5.74) is 3.34. The van der Waals surface area contributed by atoms with Gasteiger partial charge >= 0.3 is 0 Å². The second-order valence-electron chi connectivity index (χ2n) is 6.93. The minimum absolute atomic E-state index is 0.0743. The fourth-order valence-electron chi connectivity index (χ4n) is 3.34. The molecule has 1 aliphatic rings. The highest BCUT2D eigenvalue weighted by atomic mass is 32.1. The molecule has 3 rings (SSSR count). The summed E-state index contributed by atoms with van der Waals surface area (Å²) in [5, 5.41) is 6.82. The molecular weight excluding hydrogens is 360 g/mol. The molecule has 2 amide bonds. The third-order valence-electron chi connectivity index (χ3n) is 4.90. The van der Waals surface area contributed by atoms with Gasteiger partial charge in [0.15, 0.2) is 0 Å². The number of nitrogens with one attached hydrogen (secondary N) is 2. The lowest BCUT2D eigenvalue weighted by atomic mass is 10.0. The lowest BCUT2D eigenvalue weighted by molar-refractivity contribution is -0.134. The Kier molecular flexibility index (Phi) is 6.23. The third-order valence-corrected chi connectivity index (χ3v) is 5.97. The first-order valence-electron chi connectivity index (χ1n) is 9.20. The largest absolute Gasteiger partial charge is 0.353 e. The molecule has 1 aromatic heterocycles. The van der Waals surface area contributed by atoms with E-state index < -0.39 is 6.04 Å². The number of rotatable bonds is 6. The standard InChI is InChI=1S/C20H26N4O2S/c1-13-6-4-5-7-16(13)12-24-9-8-21-20(26)17(24)10-19(25)22-11-18-14(2)23-15(3)27-18/h4-7,17H,8-12H2,1-3H3,(H,21,26)(H,22,25)/t17-/m0/s1. The number of thiazole rings is 1. The second-order valence-corrected chi connectivity index (χ2v) is 8.21. The zero-order valence-electron chi connectivity index (χ0n) is 16.0. The van der Waals surface area contributed by atoms with Crippen molar-refractivity contribution in [2.45, 2.75) is 46.3 Å². The van der Waals surface area contributed by atoms with E-state index in [4.69, 9.17) is 0 Å². The Labute approximate surface area is 164 Å². The minimum atomic E-state index is -0.442. The lowest BCUT2D eigenvalue weighted by Crippen LogP contribution is -2.56. The van der Waals surface area contributed by atoms with E-state index >= 15 is 0 Å². The molecule has 0 bridgehead atoms. The summed E-state index contributed by atoms with van der Waals surface area (Å²) in [6.07, 6.45) is 0.161. The molecule has 1 saturated heterocycles. The van der Waals surface area contributed by atoms with Crippen LogP contribution in [0, 0.1) is 20.8 Å².